The van der Waals surface area contributed by atoms with Gasteiger partial charge in [0.05, 0.1) is 11.9 Å². The molecule has 1 saturated heterocycles. The summed E-state index contributed by atoms with van der Waals surface area (Å²) in [7, 11) is 1.85. The molecule has 4 atom stereocenters. The molecule has 2 aromatic rings. The number of carbonyl (C=O) groups excluding carboxylic acids is 1. The SMILES string of the molecule is Cn1cnnc1SCC(=O)N1C[C@H]2C[C@@H](Oc3ccc(F)cc3)[C@H](O)C[C@H]2C1. The largest absolute Gasteiger partial charge is 0.488 e. The summed E-state index contributed by atoms with van der Waals surface area (Å²) >= 11 is 1.38. The zero-order valence-electron chi connectivity index (χ0n) is 15.6. The Labute approximate surface area is 166 Å². The van der Waals surface area contributed by atoms with Gasteiger partial charge in [0.2, 0.25) is 5.91 Å². The van der Waals surface area contributed by atoms with Crippen LogP contribution in [-0.4, -0.2) is 61.7 Å². The lowest BCUT2D eigenvalue weighted by Gasteiger charge is -2.35. The van der Waals surface area contributed by atoms with Crippen molar-refractivity contribution in [2.24, 2.45) is 18.9 Å². The van der Waals surface area contributed by atoms with E-state index in [9.17, 15) is 14.3 Å². The fraction of sp³-hybridized carbons (Fsp3) is 0.526. The summed E-state index contributed by atoms with van der Waals surface area (Å²) in [6.45, 7) is 1.35. The number of rotatable bonds is 5. The number of hydrogen-bond acceptors (Lipinski definition) is 6. The topological polar surface area (TPSA) is 80.5 Å². The number of thioether (sulfide) groups is 1. The van der Waals surface area contributed by atoms with E-state index >= 15 is 0 Å². The number of fused-ring (bicyclic) bond motifs is 1. The molecule has 1 N–H and O–H groups in total. The average molecular weight is 406 g/mol. The molecular weight excluding hydrogens is 383 g/mol. The first kappa shape index (κ1) is 19.2. The number of likely N-dealkylation sites (tertiary alicyclic amines) is 1. The summed E-state index contributed by atoms with van der Waals surface area (Å²) in [5.41, 5.74) is 0. The quantitative estimate of drug-likeness (QED) is 0.762. The number of aromatic nitrogens is 3. The summed E-state index contributed by atoms with van der Waals surface area (Å²) in [5, 5.41) is 19.0. The number of benzene rings is 1. The lowest BCUT2D eigenvalue weighted by Crippen LogP contribution is -2.42. The van der Waals surface area contributed by atoms with Crippen molar-refractivity contribution in [1.82, 2.24) is 19.7 Å². The van der Waals surface area contributed by atoms with Gasteiger partial charge in [-0.25, -0.2) is 4.39 Å². The molecule has 9 heteroatoms. The zero-order chi connectivity index (χ0) is 19.7. The van der Waals surface area contributed by atoms with Gasteiger partial charge in [0.15, 0.2) is 5.16 Å². The van der Waals surface area contributed by atoms with Crippen LogP contribution in [0.25, 0.3) is 0 Å². The van der Waals surface area contributed by atoms with Gasteiger partial charge < -0.3 is 19.3 Å². The van der Waals surface area contributed by atoms with Gasteiger partial charge in [-0.3, -0.25) is 4.79 Å². The standard InChI is InChI=1S/C19H23FN4O3S/c1-23-11-21-22-19(23)28-10-18(26)24-8-12-6-16(25)17(7-13(12)9-24)27-15-4-2-14(20)3-5-15/h2-5,11-13,16-17,25H,6-10H2,1H3/t12-,13+,16+,17+/m0/s1. The first-order chi connectivity index (χ1) is 13.5. The third-order valence-corrected chi connectivity index (χ3v) is 6.55. The Balaban J connectivity index is 1.32. The highest BCUT2D eigenvalue weighted by molar-refractivity contribution is 7.99. The first-order valence-corrected chi connectivity index (χ1v) is 10.3. The lowest BCUT2D eigenvalue weighted by molar-refractivity contribution is -0.127. The van der Waals surface area contributed by atoms with Crippen molar-refractivity contribution in [3.63, 3.8) is 0 Å². The van der Waals surface area contributed by atoms with E-state index in [-0.39, 0.29) is 23.7 Å². The molecule has 1 aromatic carbocycles. The van der Waals surface area contributed by atoms with E-state index in [1.165, 1.54) is 23.9 Å². The highest BCUT2D eigenvalue weighted by Gasteiger charge is 2.43. The normalized spacial score (nSPS) is 26.9. The number of aryl methyl sites for hydroxylation is 1. The van der Waals surface area contributed by atoms with Crippen LogP contribution >= 0.6 is 11.8 Å². The Morgan fingerprint density at radius 3 is 2.68 bits per heavy atom. The lowest BCUT2D eigenvalue weighted by atomic mass is 9.78. The van der Waals surface area contributed by atoms with Crippen molar-refractivity contribution in [2.75, 3.05) is 18.8 Å². The smallest absolute Gasteiger partial charge is 0.233 e. The van der Waals surface area contributed by atoms with E-state index in [1.807, 2.05) is 11.9 Å². The fourth-order valence-corrected chi connectivity index (χ4v) is 4.82. The molecule has 0 unspecified atom stereocenters. The molecule has 28 heavy (non-hydrogen) atoms. The Morgan fingerprint density at radius 1 is 1.29 bits per heavy atom. The van der Waals surface area contributed by atoms with Crippen molar-refractivity contribution >= 4 is 17.7 Å². The van der Waals surface area contributed by atoms with E-state index in [1.54, 1.807) is 23.0 Å². The molecule has 0 bridgehead atoms. The van der Waals surface area contributed by atoms with Crippen LogP contribution in [0.4, 0.5) is 4.39 Å². The molecule has 4 rings (SSSR count). The van der Waals surface area contributed by atoms with Crippen LogP contribution in [0.15, 0.2) is 35.7 Å². The van der Waals surface area contributed by atoms with Gasteiger partial charge in [0.25, 0.3) is 0 Å². The molecular formula is C19H23FN4O3S. The Hall–Kier alpha value is -2.13. The van der Waals surface area contributed by atoms with Crippen molar-refractivity contribution in [2.45, 2.75) is 30.2 Å². The average Bonchev–Trinajstić information content (AvgIpc) is 3.27. The highest BCUT2D eigenvalue weighted by atomic mass is 32.2. The molecule has 2 fully saturated rings. The molecule has 7 nitrogen and oxygen atoms in total. The molecule has 2 aliphatic rings. The third kappa shape index (κ3) is 4.15. The minimum Gasteiger partial charge on any atom is -0.488 e. The van der Waals surface area contributed by atoms with Gasteiger partial charge in [-0.1, -0.05) is 11.8 Å². The van der Waals surface area contributed by atoms with E-state index in [4.69, 9.17) is 4.74 Å². The monoisotopic (exact) mass is 406 g/mol. The summed E-state index contributed by atoms with van der Waals surface area (Å²) in [4.78, 5) is 14.5. The highest BCUT2D eigenvalue weighted by Crippen LogP contribution is 2.38. The van der Waals surface area contributed by atoms with Gasteiger partial charge in [0.1, 0.15) is 24.0 Å². The summed E-state index contributed by atoms with van der Waals surface area (Å²) in [6.07, 6.45) is 1.98. The van der Waals surface area contributed by atoms with Crippen LogP contribution in [0.1, 0.15) is 12.8 Å². The van der Waals surface area contributed by atoms with Gasteiger partial charge >= 0.3 is 0 Å². The summed E-state index contributed by atoms with van der Waals surface area (Å²) in [5.74, 6) is 1.22. The van der Waals surface area contributed by atoms with Gasteiger partial charge in [-0.05, 0) is 48.9 Å². The van der Waals surface area contributed by atoms with Gasteiger partial charge in [-0.15, -0.1) is 10.2 Å². The van der Waals surface area contributed by atoms with Crippen molar-refractivity contribution in [3.8, 4) is 5.75 Å². The number of amides is 1. The van der Waals surface area contributed by atoms with Crippen LogP contribution in [-0.2, 0) is 11.8 Å². The number of aliphatic hydroxyl groups excluding tert-OH is 1. The van der Waals surface area contributed by atoms with Crippen molar-refractivity contribution in [1.29, 1.82) is 0 Å². The second kappa shape index (κ2) is 8.08. The number of halogens is 1. The number of carbonyl (C=O) groups is 1. The van der Waals surface area contributed by atoms with Crippen LogP contribution in [0.5, 0.6) is 5.75 Å². The summed E-state index contributed by atoms with van der Waals surface area (Å²) in [6, 6.07) is 5.83. The number of aliphatic hydroxyl groups is 1. The molecule has 1 aliphatic carbocycles. The number of hydrogen-bond donors (Lipinski definition) is 1. The van der Waals surface area contributed by atoms with Gasteiger partial charge in [0, 0.05) is 20.1 Å². The minimum atomic E-state index is -0.589. The Kier molecular flexibility index (Phi) is 5.54. The number of ether oxygens (including phenoxy) is 1. The maximum absolute atomic E-state index is 13.1. The second-order valence-electron chi connectivity index (χ2n) is 7.48. The molecule has 0 radical (unpaired) electrons. The van der Waals surface area contributed by atoms with Gasteiger partial charge in [-0.2, -0.15) is 0 Å². The molecule has 150 valence electrons. The van der Waals surface area contributed by atoms with E-state index < -0.39 is 6.10 Å². The fourth-order valence-electron chi connectivity index (χ4n) is 4.03. The maximum Gasteiger partial charge on any atom is 0.233 e. The third-order valence-electron chi connectivity index (χ3n) is 5.53. The first-order valence-electron chi connectivity index (χ1n) is 9.34. The maximum atomic E-state index is 13.1. The molecule has 2 heterocycles. The Bertz CT molecular complexity index is 831. The van der Waals surface area contributed by atoms with E-state index in [0.717, 1.165) is 0 Å². The summed E-state index contributed by atoms with van der Waals surface area (Å²) < 4.78 is 20.7. The van der Waals surface area contributed by atoms with Crippen molar-refractivity contribution in [3.05, 3.63) is 36.4 Å². The molecule has 1 aromatic heterocycles. The van der Waals surface area contributed by atoms with E-state index in [2.05, 4.69) is 10.2 Å². The predicted octanol–water partition coefficient (Wildman–Crippen LogP) is 1.72. The molecule has 1 aliphatic heterocycles. The molecule has 0 spiro atoms. The number of nitrogens with zero attached hydrogens (tertiary/aromatic N) is 4. The van der Waals surface area contributed by atoms with E-state index in [0.29, 0.717) is 48.5 Å². The van der Waals surface area contributed by atoms with Crippen molar-refractivity contribution < 1.29 is 19.0 Å². The predicted molar refractivity (Wildman–Crippen MR) is 101 cm³/mol. The molecule has 1 amide bonds. The van der Waals surface area contributed by atoms with Crippen LogP contribution in [0.3, 0.4) is 0 Å². The van der Waals surface area contributed by atoms with Crippen LogP contribution in [0, 0.1) is 17.7 Å². The van der Waals surface area contributed by atoms with Crippen LogP contribution < -0.4 is 4.74 Å². The Morgan fingerprint density at radius 2 is 2.00 bits per heavy atom. The zero-order valence-corrected chi connectivity index (χ0v) is 16.4. The second-order valence-corrected chi connectivity index (χ2v) is 8.42. The van der Waals surface area contributed by atoms with Crippen LogP contribution in [0.2, 0.25) is 0 Å². The molecule has 1 saturated carbocycles. The minimum absolute atomic E-state index is 0.0768.